The number of aromatic amines is 2. The lowest BCUT2D eigenvalue weighted by Crippen LogP contribution is -2.21. The van der Waals surface area contributed by atoms with E-state index in [-0.39, 0.29) is 11.1 Å². The molecule has 0 aliphatic carbocycles. The van der Waals surface area contributed by atoms with Crippen LogP contribution in [0.2, 0.25) is 0 Å². The van der Waals surface area contributed by atoms with Crippen LogP contribution in [0.15, 0.2) is 58.5 Å². The Kier molecular flexibility index (Phi) is 5.91. The molecule has 6 N–H and O–H groups in total. The van der Waals surface area contributed by atoms with Crippen molar-refractivity contribution in [1.82, 2.24) is 19.9 Å². The number of nitrogens with one attached hydrogen (secondary N) is 2. The van der Waals surface area contributed by atoms with E-state index in [9.17, 15) is 0 Å². The molecule has 0 fully saturated rings. The predicted molar refractivity (Wildman–Crippen MR) is 155 cm³/mol. The van der Waals surface area contributed by atoms with Gasteiger partial charge in [0, 0.05) is 11.1 Å². The maximum atomic E-state index is 6.24. The molecule has 0 aliphatic rings. The second kappa shape index (κ2) is 8.85. The van der Waals surface area contributed by atoms with Crippen LogP contribution in [0.4, 0.5) is 0 Å². The highest BCUT2D eigenvalue weighted by atomic mass is 32.1. The number of aliphatic imine (C=N–C) groups is 2. The summed E-state index contributed by atoms with van der Waals surface area (Å²) < 4.78 is 0. The molecule has 2 aromatic carbocycles. The minimum Gasteiger partial charge on any atom is -0.383 e. The van der Waals surface area contributed by atoms with Gasteiger partial charge in [-0.1, -0.05) is 0 Å². The van der Waals surface area contributed by atoms with Crippen molar-refractivity contribution >= 4 is 45.1 Å². The van der Waals surface area contributed by atoms with Crippen LogP contribution in [0.3, 0.4) is 0 Å². The minimum absolute atomic E-state index is 0.240. The van der Waals surface area contributed by atoms with Crippen molar-refractivity contribution in [3.63, 3.8) is 0 Å². The summed E-state index contributed by atoms with van der Waals surface area (Å²) in [5.74, 6) is 2.64. The maximum Gasteiger partial charge on any atom is 0.148 e. The first kappa shape index (κ1) is 24.7. The fourth-order valence-electron chi connectivity index (χ4n) is 4.02. The number of rotatable bonds is 4. The molecule has 0 bridgehead atoms. The predicted octanol–water partition coefficient (Wildman–Crippen LogP) is 5.84. The molecule has 37 heavy (non-hydrogen) atoms. The summed E-state index contributed by atoms with van der Waals surface area (Å²) >= 11 is 1.62. The van der Waals surface area contributed by atoms with E-state index < -0.39 is 0 Å². The molecule has 0 saturated carbocycles. The molecule has 0 amide bonds. The third kappa shape index (κ3) is 5.41. The van der Waals surface area contributed by atoms with E-state index in [1.807, 2.05) is 77.9 Å². The van der Waals surface area contributed by atoms with Gasteiger partial charge < -0.3 is 21.4 Å². The Balaban J connectivity index is 1.44. The van der Waals surface area contributed by atoms with Crippen LogP contribution < -0.4 is 11.5 Å². The van der Waals surface area contributed by atoms with Gasteiger partial charge in [0.15, 0.2) is 0 Å². The number of amidine groups is 2. The molecule has 8 nitrogen and oxygen atoms in total. The third-order valence-electron chi connectivity index (χ3n) is 5.54. The first-order valence-electron chi connectivity index (χ1n) is 12.2. The first-order valence-corrected chi connectivity index (χ1v) is 13.0. The molecule has 0 saturated heterocycles. The second-order valence-electron chi connectivity index (χ2n) is 11.1. The van der Waals surface area contributed by atoms with E-state index in [1.54, 1.807) is 11.3 Å². The number of fused-ring (bicyclic) bond motifs is 2. The summed E-state index contributed by atoms with van der Waals surface area (Å²) in [6, 6.07) is 16.0. The number of hydrogen-bond acceptors (Lipinski definition) is 5. The van der Waals surface area contributed by atoms with Gasteiger partial charge in [-0.25, -0.2) is 9.97 Å². The van der Waals surface area contributed by atoms with Crippen molar-refractivity contribution in [3.05, 3.63) is 59.7 Å². The summed E-state index contributed by atoms with van der Waals surface area (Å²) in [6.07, 6.45) is 0. The van der Waals surface area contributed by atoms with Gasteiger partial charge in [-0.15, -0.1) is 11.3 Å². The lowest BCUT2D eigenvalue weighted by Gasteiger charge is -2.13. The van der Waals surface area contributed by atoms with E-state index in [1.165, 1.54) is 0 Å². The largest absolute Gasteiger partial charge is 0.383 e. The smallest absolute Gasteiger partial charge is 0.148 e. The zero-order valence-corrected chi connectivity index (χ0v) is 22.8. The van der Waals surface area contributed by atoms with Crippen molar-refractivity contribution in [2.45, 2.75) is 52.6 Å². The van der Waals surface area contributed by atoms with Crippen LogP contribution in [0.25, 0.3) is 43.5 Å². The molecule has 5 aromatic rings. The first-order chi connectivity index (χ1) is 17.3. The van der Waals surface area contributed by atoms with Gasteiger partial charge in [0.1, 0.15) is 23.3 Å². The number of benzene rings is 2. The molecule has 3 heterocycles. The number of nitrogens with zero attached hydrogens (tertiary/aromatic N) is 4. The molecule has 0 aliphatic heterocycles. The second-order valence-corrected chi connectivity index (χ2v) is 12.2. The molecule has 5 rings (SSSR count). The van der Waals surface area contributed by atoms with Gasteiger partial charge >= 0.3 is 0 Å². The Morgan fingerprint density at radius 3 is 1.46 bits per heavy atom. The molecule has 9 heteroatoms. The molecule has 0 spiro atoms. The van der Waals surface area contributed by atoms with E-state index in [2.05, 4.69) is 32.1 Å². The van der Waals surface area contributed by atoms with Crippen LogP contribution in [-0.2, 0) is 0 Å². The van der Waals surface area contributed by atoms with Gasteiger partial charge in [-0.3, -0.25) is 9.98 Å². The van der Waals surface area contributed by atoms with Gasteiger partial charge in [-0.2, -0.15) is 0 Å². The van der Waals surface area contributed by atoms with Crippen LogP contribution in [0.1, 0.15) is 52.7 Å². The number of thiophene rings is 1. The standard InChI is InChI=1S/C28H32N8S/c1-27(2,3)35-23(29)15-7-9-17-19(13-15)33-25(31-17)21-11-12-22(37-21)26-32-18-10-8-16(14-20(18)34-26)24(30)36-28(4,5)6/h7-14H,1-6H3,(H2,29,35)(H2,30,36)(H,31,33)(H,32,34). The molecule has 0 unspecified atom stereocenters. The van der Waals surface area contributed by atoms with Gasteiger partial charge in [-0.05, 0) is 90.1 Å². The Morgan fingerprint density at radius 1 is 0.676 bits per heavy atom. The lowest BCUT2D eigenvalue weighted by atomic mass is 10.1. The Labute approximate surface area is 220 Å². The van der Waals surface area contributed by atoms with Crippen molar-refractivity contribution in [2.75, 3.05) is 0 Å². The number of imidazole rings is 2. The van der Waals surface area contributed by atoms with E-state index in [0.717, 1.165) is 54.6 Å². The Bertz CT molecular complexity index is 1550. The SMILES string of the molecule is CC(C)(C)N=C(N)c1ccc2nc(-c3ccc(-c4nc5ccc(C(N)=NC(C)(C)C)cc5[nH]4)s3)[nH]c2c1. The summed E-state index contributed by atoms with van der Waals surface area (Å²) in [5, 5.41) is 0. The average molecular weight is 513 g/mol. The van der Waals surface area contributed by atoms with Crippen LogP contribution in [-0.4, -0.2) is 42.7 Å². The highest BCUT2D eigenvalue weighted by molar-refractivity contribution is 7.18. The summed E-state index contributed by atoms with van der Waals surface area (Å²) in [5.41, 5.74) is 17.3. The highest BCUT2D eigenvalue weighted by Gasteiger charge is 2.15. The normalized spacial score (nSPS) is 13.7. The monoisotopic (exact) mass is 512 g/mol. The van der Waals surface area contributed by atoms with Gasteiger partial charge in [0.2, 0.25) is 0 Å². The van der Waals surface area contributed by atoms with Gasteiger partial charge in [0.05, 0.1) is 42.9 Å². The molecule has 3 aromatic heterocycles. The fraction of sp³-hybridized carbons (Fsp3) is 0.286. The van der Waals surface area contributed by atoms with Crippen molar-refractivity contribution in [3.8, 4) is 21.4 Å². The van der Waals surface area contributed by atoms with Crippen molar-refractivity contribution < 1.29 is 0 Å². The fourth-order valence-corrected chi connectivity index (χ4v) is 4.91. The van der Waals surface area contributed by atoms with Gasteiger partial charge in [0.25, 0.3) is 0 Å². The average Bonchev–Trinajstić information content (AvgIpc) is 3.52. The molecule has 190 valence electrons. The third-order valence-corrected chi connectivity index (χ3v) is 6.64. The van der Waals surface area contributed by atoms with Crippen molar-refractivity contribution in [1.29, 1.82) is 0 Å². The minimum atomic E-state index is -0.240. The van der Waals surface area contributed by atoms with Crippen molar-refractivity contribution in [2.24, 2.45) is 21.5 Å². The zero-order valence-electron chi connectivity index (χ0n) is 22.0. The quantitative estimate of drug-likeness (QED) is 0.178. The topological polar surface area (TPSA) is 134 Å². The number of nitrogens with two attached hydrogens (primary N) is 2. The highest BCUT2D eigenvalue weighted by Crippen LogP contribution is 2.34. The van der Waals surface area contributed by atoms with E-state index >= 15 is 0 Å². The van der Waals surface area contributed by atoms with Crippen LogP contribution >= 0.6 is 11.3 Å². The lowest BCUT2D eigenvalue weighted by molar-refractivity contribution is 0.583. The Hall–Kier alpha value is -3.98. The van der Waals surface area contributed by atoms with E-state index in [0.29, 0.717) is 11.7 Å². The molecule has 0 atom stereocenters. The van der Waals surface area contributed by atoms with Crippen LogP contribution in [0.5, 0.6) is 0 Å². The summed E-state index contributed by atoms with van der Waals surface area (Å²) in [4.78, 5) is 27.6. The van der Waals surface area contributed by atoms with Crippen LogP contribution in [0, 0.1) is 0 Å². The number of H-pyrrole nitrogens is 2. The molecular formula is C28H32N8S. The molecule has 0 radical (unpaired) electrons. The number of aromatic nitrogens is 4. The summed E-state index contributed by atoms with van der Waals surface area (Å²) in [7, 11) is 0. The molecular weight excluding hydrogens is 480 g/mol. The summed E-state index contributed by atoms with van der Waals surface area (Å²) in [6.45, 7) is 12.2. The maximum absolute atomic E-state index is 6.24. The Morgan fingerprint density at radius 2 is 1.08 bits per heavy atom. The zero-order chi connectivity index (χ0) is 26.5. The van der Waals surface area contributed by atoms with E-state index in [4.69, 9.17) is 21.4 Å². The number of hydrogen-bond donors (Lipinski definition) is 4.